The van der Waals surface area contributed by atoms with E-state index in [1.165, 1.54) is 103 Å². The average Bonchev–Trinajstić information content (AvgIpc) is 3.02. The summed E-state index contributed by atoms with van der Waals surface area (Å²) < 4.78 is -0.372. The standard InChI is InChI=1S/C39H73NO6/c1-5-9-10-11-12-13-14-15-16-17-18-19-20-21-22-23-24-25-26-27-28-29-33-40(34(30-6-2)37(41)42,35(31-7-3)38(43)44)36(32-8-4)39(45)46/h18-19,34-36H,5-17,20-33H2,1-4H3,(H2-,41,42,43,44,45,46)/p+1/b19-18+. The molecule has 0 spiro atoms. The summed E-state index contributed by atoms with van der Waals surface area (Å²) in [5.74, 6) is -3.25. The van der Waals surface area contributed by atoms with Crippen LogP contribution < -0.4 is 0 Å². The van der Waals surface area contributed by atoms with Crippen LogP contribution in [0.5, 0.6) is 0 Å². The fourth-order valence-corrected chi connectivity index (χ4v) is 7.34. The maximum Gasteiger partial charge on any atom is 0.362 e. The van der Waals surface area contributed by atoms with Crippen molar-refractivity contribution in [2.24, 2.45) is 0 Å². The van der Waals surface area contributed by atoms with Crippen LogP contribution in [-0.4, -0.2) is 62.4 Å². The number of unbranched alkanes of at least 4 members (excludes halogenated alkanes) is 18. The monoisotopic (exact) mass is 653 g/mol. The number of hydrogen-bond donors (Lipinski definition) is 3. The lowest BCUT2D eigenvalue weighted by molar-refractivity contribution is -0.973. The highest BCUT2D eigenvalue weighted by Gasteiger charge is 2.56. The molecular weight excluding hydrogens is 578 g/mol. The minimum Gasteiger partial charge on any atom is -0.477 e. The summed E-state index contributed by atoms with van der Waals surface area (Å²) >= 11 is 0. The van der Waals surface area contributed by atoms with Crippen molar-refractivity contribution >= 4 is 17.9 Å². The highest BCUT2D eigenvalue weighted by molar-refractivity contribution is 5.78. The van der Waals surface area contributed by atoms with Crippen molar-refractivity contribution in [1.29, 1.82) is 0 Å². The second-order valence-corrected chi connectivity index (χ2v) is 13.7. The van der Waals surface area contributed by atoms with E-state index in [-0.39, 0.29) is 30.3 Å². The lowest BCUT2D eigenvalue weighted by Gasteiger charge is -2.50. The molecule has 0 bridgehead atoms. The SMILES string of the molecule is CCCCCCCCCCC/C=C/CCCCCCCCCCC[N+](C(CCC)C(=O)O)(C(CCC)C(=O)O)C(CCC)C(=O)O. The normalized spacial score (nSPS) is 15.0. The highest BCUT2D eigenvalue weighted by atomic mass is 16.4. The predicted octanol–water partition coefficient (Wildman–Crippen LogP) is 10.9. The number of nitrogens with zero attached hydrogens (tertiary/aromatic N) is 1. The summed E-state index contributed by atoms with van der Waals surface area (Å²) in [5, 5.41) is 30.9. The Bertz CT molecular complexity index is 738. The Hall–Kier alpha value is -1.89. The number of quaternary nitrogens is 1. The first kappa shape index (κ1) is 44.1. The second-order valence-electron chi connectivity index (χ2n) is 13.7. The van der Waals surface area contributed by atoms with Gasteiger partial charge in [0.2, 0.25) is 0 Å². The van der Waals surface area contributed by atoms with Crippen molar-refractivity contribution in [1.82, 2.24) is 0 Å². The summed E-state index contributed by atoms with van der Waals surface area (Å²) in [6, 6.07) is -3.14. The third kappa shape index (κ3) is 18.4. The maximum absolute atomic E-state index is 12.6. The zero-order chi connectivity index (χ0) is 34.5. The van der Waals surface area contributed by atoms with Gasteiger partial charge in [0.05, 0.1) is 6.54 Å². The molecule has 0 aliphatic heterocycles. The fraction of sp³-hybridized carbons (Fsp3) is 0.872. The van der Waals surface area contributed by atoms with E-state index in [1.807, 2.05) is 20.8 Å². The molecule has 0 aromatic heterocycles. The van der Waals surface area contributed by atoms with Crippen LogP contribution in [-0.2, 0) is 14.4 Å². The van der Waals surface area contributed by atoms with E-state index in [9.17, 15) is 29.7 Å². The Morgan fingerprint density at radius 2 is 0.717 bits per heavy atom. The summed E-state index contributed by atoms with van der Waals surface area (Å²) in [7, 11) is 0. The van der Waals surface area contributed by atoms with E-state index < -0.39 is 36.0 Å². The van der Waals surface area contributed by atoms with E-state index in [4.69, 9.17) is 0 Å². The van der Waals surface area contributed by atoms with E-state index in [2.05, 4.69) is 19.1 Å². The van der Waals surface area contributed by atoms with Crippen LogP contribution in [0.1, 0.15) is 195 Å². The molecule has 3 atom stereocenters. The number of carboxylic acids is 3. The first-order valence-corrected chi connectivity index (χ1v) is 19.4. The molecule has 0 aliphatic carbocycles. The van der Waals surface area contributed by atoms with Gasteiger partial charge >= 0.3 is 17.9 Å². The van der Waals surface area contributed by atoms with Gasteiger partial charge in [-0.15, -0.1) is 0 Å². The quantitative estimate of drug-likeness (QED) is 0.0362. The Labute approximate surface area is 283 Å². The van der Waals surface area contributed by atoms with Gasteiger partial charge in [0.1, 0.15) is 0 Å². The molecule has 270 valence electrons. The summed E-state index contributed by atoms with van der Waals surface area (Å²) in [5.41, 5.74) is 0. The molecule has 0 saturated carbocycles. The van der Waals surface area contributed by atoms with E-state index in [0.717, 1.165) is 19.3 Å². The topological polar surface area (TPSA) is 112 Å². The Kier molecular flexibility index (Phi) is 28.1. The Balaban J connectivity index is 4.61. The molecule has 0 heterocycles. The van der Waals surface area contributed by atoms with Crippen LogP contribution in [0.15, 0.2) is 12.2 Å². The van der Waals surface area contributed by atoms with Gasteiger partial charge in [-0.2, -0.15) is 0 Å². The third-order valence-electron chi connectivity index (χ3n) is 9.84. The summed E-state index contributed by atoms with van der Waals surface area (Å²) in [6.07, 6.45) is 31.8. The molecule has 3 unspecified atom stereocenters. The van der Waals surface area contributed by atoms with Crippen molar-refractivity contribution in [3.05, 3.63) is 12.2 Å². The van der Waals surface area contributed by atoms with Crippen LogP contribution in [0.25, 0.3) is 0 Å². The van der Waals surface area contributed by atoms with Gasteiger partial charge in [-0.1, -0.05) is 130 Å². The average molecular weight is 653 g/mol. The van der Waals surface area contributed by atoms with Gasteiger partial charge in [0.15, 0.2) is 18.1 Å². The van der Waals surface area contributed by atoms with E-state index >= 15 is 0 Å². The van der Waals surface area contributed by atoms with Gasteiger partial charge in [0, 0.05) is 19.3 Å². The van der Waals surface area contributed by atoms with Gasteiger partial charge in [-0.25, -0.2) is 14.4 Å². The van der Waals surface area contributed by atoms with Crippen molar-refractivity contribution in [2.75, 3.05) is 6.54 Å². The minimum absolute atomic E-state index is 0.269. The molecule has 0 rings (SSSR count). The minimum atomic E-state index is -1.08. The van der Waals surface area contributed by atoms with Gasteiger partial charge in [0.25, 0.3) is 0 Å². The smallest absolute Gasteiger partial charge is 0.362 e. The van der Waals surface area contributed by atoms with Crippen LogP contribution in [0.4, 0.5) is 0 Å². The predicted molar refractivity (Wildman–Crippen MR) is 191 cm³/mol. The number of carbonyl (C=O) groups is 3. The molecule has 0 saturated heterocycles. The molecule has 0 aromatic carbocycles. The van der Waals surface area contributed by atoms with Crippen molar-refractivity contribution in [3.63, 3.8) is 0 Å². The van der Waals surface area contributed by atoms with Crippen molar-refractivity contribution in [3.8, 4) is 0 Å². The summed E-state index contributed by atoms with van der Waals surface area (Å²) in [4.78, 5) is 37.9. The Morgan fingerprint density at radius 3 is 1.00 bits per heavy atom. The zero-order valence-corrected chi connectivity index (χ0v) is 30.5. The molecule has 3 N–H and O–H groups in total. The highest BCUT2D eigenvalue weighted by Crippen LogP contribution is 2.34. The number of hydrogen-bond acceptors (Lipinski definition) is 3. The second kappa shape index (κ2) is 29.3. The zero-order valence-electron chi connectivity index (χ0n) is 30.5. The molecular formula is C39H74NO6+. The molecule has 46 heavy (non-hydrogen) atoms. The van der Waals surface area contributed by atoms with Crippen LogP contribution in [0, 0.1) is 0 Å². The van der Waals surface area contributed by atoms with Crippen LogP contribution in [0.2, 0.25) is 0 Å². The maximum atomic E-state index is 12.6. The van der Waals surface area contributed by atoms with Gasteiger partial charge in [-0.3, -0.25) is 4.48 Å². The van der Waals surface area contributed by atoms with Gasteiger partial charge in [-0.05, 0) is 57.8 Å². The molecule has 0 radical (unpaired) electrons. The summed E-state index contributed by atoms with van der Waals surface area (Å²) in [6.45, 7) is 8.19. The van der Waals surface area contributed by atoms with Crippen molar-refractivity contribution in [2.45, 2.75) is 213 Å². The fourth-order valence-electron chi connectivity index (χ4n) is 7.34. The van der Waals surface area contributed by atoms with E-state index in [0.29, 0.717) is 25.7 Å². The first-order chi connectivity index (χ1) is 22.2. The molecule has 0 aromatic rings. The largest absolute Gasteiger partial charge is 0.477 e. The number of allylic oxidation sites excluding steroid dienone is 2. The third-order valence-corrected chi connectivity index (χ3v) is 9.84. The number of aliphatic carboxylic acids is 3. The molecule has 0 amide bonds. The Morgan fingerprint density at radius 1 is 0.435 bits per heavy atom. The first-order valence-electron chi connectivity index (χ1n) is 19.4. The lowest BCUT2D eigenvalue weighted by Crippen LogP contribution is -2.72. The molecule has 7 nitrogen and oxygen atoms in total. The lowest BCUT2D eigenvalue weighted by atomic mass is 9.91. The van der Waals surface area contributed by atoms with Crippen LogP contribution in [0.3, 0.4) is 0 Å². The molecule has 0 fully saturated rings. The van der Waals surface area contributed by atoms with Crippen molar-refractivity contribution < 1.29 is 34.2 Å². The van der Waals surface area contributed by atoms with Crippen LogP contribution >= 0.6 is 0 Å². The van der Waals surface area contributed by atoms with Gasteiger partial charge < -0.3 is 15.3 Å². The number of carboxylic acid groups (broad SMARTS) is 3. The molecule has 7 heteroatoms. The van der Waals surface area contributed by atoms with E-state index in [1.54, 1.807) is 0 Å². The molecule has 0 aliphatic rings. The number of rotatable bonds is 34.